The molecule has 0 aromatic heterocycles. The van der Waals surface area contributed by atoms with Gasteiger partial charge < -0.3 is 20.1 Å². The van der Waals surface area contributed by atoms with Crippen LogP contribution >= 0.6 is 0 Å². The van der Waals surface area contributed by atoms with Gasteiger partial charge in [-0.1, -0.05) is 0 Å². The van der Waals surface area contributed by atoms with Crippen molar-refractivity contribution in [3.63, 3.8) is 0 Å². The van der Waals surface area contributed by atoms with Gasteiger partial charge in [-0.05, 0) is 33.6 Å². The first-order valence-corrected chi connectivity index (χ1v) is 6.20. The van der Waals surface area contributed by atoms with Crippen molar-refractivity contribution >= 4 is 6.09 Å². The molecular weight excluding hydrogens is 220 g/mol. The van der Waals surface area contributed by atoms with Crippen LogP contribution in [-0.2, 0) is 9.47 Å². The number of carbonyl (C=O) groups is 1. The summed E-state index contributed by atoms with van der Waals surface area (Å²) in [6, 6.07) is 0.0370. The molecule has 5 nitrogen and oxygen atoms in total. The molecule has 2 fully saturated rings. The van der Waals surface area contributed by atoms with Gasteiger partial charge in [0.25, 0.3) is 0 Å². The van der Waals surface area contributed by atoms with E-state index in [9.17, 15) is 4.79 Å². The number of rotatable bonds is 0. The first-order valence-electron chi connectivity index (χ1n) is 6.20. The first-order chi connectivity index (χ1) is 7.82. The molecule has 98 valence electrons. The summed E-state index contributed by atoms with van der Waals surface area (Å²) in [6.07, 6.45) is 1.42. The minimum atomic E-state index is -0.453. The van der Waals surface area contributed by atoms with Crippen LogP contribution in [0.25, 0.3) is 0 Å². The number of likely N-dealkylation sites (tertiary alicyclic amines) is 1. The Kier molecular flexibility index (Phi) is 3.08. The largest absolute Gasteiger partial charge is 0.444 e. The summed E-state index contributed by atoms with van der Waals surface area (Å²) in [5, 5.41) is 0. The third-order valence-electron chi connectivity index (χ3n) is 3.41. The molecule has 0 aliphatic carbocycles. The van der Waals surface area contributed by atoms with E-state index in [2.05, 4.69) is 0 Å². The van der Waals surface area contributed by atoms with Gasteiger partial charge in [-0.2, -0.15) is 0 Å². The van der Waals surface area contributed by atoms with Crippen molar-refractivity contribution in [1.29, 1.82) is 0 Å². The van der Waals surface area contributed by atoms with Gasteiger partial charge in [0.2, 0.25) is 0 Å². The van der Waals surface area contributed by atoms with Gasteiger partial charge in [-0.15, -0.1) is 0 Å². The number of amides is 1. The Balaban J connectivity index is 1.96. The van der Waals surface area contributed by atoms with Gasteiger partial charge in [-0.25, -0.2) is 4.79 Å². The fourth-order valence-corrected chi connectivity index (χ4v) is 2.47. The lowest BCUT2D eigenvalue weighted by Crippen LogP contribution is -2.48. The highest BCUT2D eigenvalue weighted by atomic mass is 16.6. The molecule has 5 heteroatoms. The lowest BCUT2D eigenvalue weighted by atomic mass is 9.94. The molecule has 1 unspecified atom stereocenters. The van der Waals surface area contributed by atoms with Crippen LogP contribution in [0.15, 0.2) is 0 Å². The second kappa shape index (κ2) is 4.14. The van der Waals surface area contributed by atoms with E-state index in [1.165, 1.54) is 0 Å². The van der Waals surface area contributed by atoms with Gasteiger partial charge >= 0.3 is 6.09 Å². The highest BCUT2D eigenvalue weighted by Crippen LogP contribution is 2.34. The fourth-order valence-electron chi connectivity index (χ4n) is 2.47. The standard InChI is InChI=1S/C12H22N2O3/c1-11(2,3)17-10(15)14-6-5-12(8-14)9(13)4-7-16-12/h9H,4-8,13H2,1-3H3/t9?,12-/m0/s1. The van der Waals surface area contributed by atoms with E-state index in [0.29, 0.717) is 19.7 Å². The molecule has 2 aliphatic rings. The van der Waals surface area contributed by atoms with Crippen molar-refractivity contribution in [2.75, 3.05) is 19.7 Å². The molecule has 0 saturated carbocycles. The quantitative estimate of drug-likeness (QED) is 0.691. The Morgan fingerprint density at radius 3 is 2.76 bits per heavy atom. The van der Waals surface area contributed by atoms with E-state index in [1.807, 2.05) is 20.8 Å². The summed E-state index contributed by atoms with van der Waals surface area (Å²) in [5.74, 6) is 0. The zero-order valence-electron chi connectivity index (χ0n) is 10.9. The Hall–Kier alpha value is -0.810. The molecule has 1 spiro atoms. The van der Waals surface area contributed by atoms with Crippen molar-refractivity contribution < 1.29 is 14.3 Å². The van der Waals surface area contributed by atoms with Crippen molar-refractivity contribution in [2.45, 2.75) is 50.9 Å². The maximum Gasteiger partial charge on any atom is 0.410 e. The van der Waals surface area contributed by atoms with E-state index in [-0.39, 0.29) is 17.7 Å². The van der Waals surface area contributed by atoms with Gasteiger partial charge in [0.05, 0.1) is 6.54 Å². The van der Waals surface area contributed by atoms with E-state index < -0.39 is 5.60 Å². The summed E-state index contributed by atoms with van der Waals surface area (Å²) in [7, 11) is 0. The zero-order valence-corrected chi connectivity index (χ0v) is 10.9. The van der Waals surface area contributed by atoms with Crippen LogP contribution in [-0.4, -0.2) is 47.9 Å². The number of nitrogens with two attached hydrogens (primary N) is 1. The van der Waals surface area contributed by atoms with E-state index >= 15 is 0 Å². The monoisotopic (exact) mass is 242 g/mol. The minimum Gasteiger partial charge on any atom is -0.444 e. The van der Waals surface area contributed by atoms with Crippen LogP contribution in [0.1, 0.15) is 33.6 Å². The highest BCUT2D eigenvalue weighted by Gasteiger charge is 2.49. The van der Waals surface area contributed by atoms with E-state index in [4.69, 9.17) is 15.2 Å². The number of hydrogen-bond acceptors (Lipinski definition) is 4. The molecule has 1 amide bonds. The summed E-state index contributed by atoms with van der Waals surface area (Å²) in [6.45, 7) is 7.53. The second-order valence-electron chi connectivity index (χ2n) is 5.96. The molecule has 0 bridgehead atoms. The molecule has 0 aromatic carbocycles. The van der Waals surface area contributed by atoms with Crippen molar-refractivity contribution in [3.05, 3.63) is 0 Å². The number of hydrogen-bond donors (Lipinski definition) is 1. The van der Waals surface area contributed by atoms with E-state index in [1.54, 1.807) is 4.90 Å². The van der Waals surface area contributed by atoms with Crippen LogP contribution < -0.4 is 5.73 Å². The summed E-state index contributed by atoms with van der Waals surface area (Å²) >= 11 is 0. The Labute approximate surface area is 102 Å². The maximum absolute atomic E-state index is 11.9. The minimum absolute atomic E-state index is 0.0370. The van der Waals surface area contributed by atoms with Gasteiger partial charge in [0.1, 0.15) is 11.2 Å². The predicted molar refractivity (Wildman–Crippen MR) is 63.7 cm³/mol. The topological polar surface area (TPSA) is 64.8 Å². The van der Waals surface area contributed by atoms with Crippen LogP contribution in [0.2, 0.25) is 0 Å². The second-order valence-corrected chi connectivity index (χ2v) is 5.96. The van der Waals surface area contributed by atoms with Crippen LogP contribution in [0.5, 0.6) is 0 Å². The Bertz CT molecular complexity index is 313. The molecule has 0 radical (unpaired) electrons. The average Bonchev–Trinajstić information content (AvgIpc) is 2.74. The average molecular weight is 242 g/mol. The molecule has 2 N–H and O–H groups in total. The van der Waals surface area contributed by atoms with E-state index in [0.717, 1.165) is 12.8 Å². The number of carbonyl (C=O) groups excluding carboxylic acids is 1. The fraction of sp³-hybridized carbons (Fsp3) is 0.917. The predicted octanol–water partition coefficient (Wildman–Crippen LogP) is 1.11. The SMILES string of the molecule is CC(C)(C)OC(=O)N1CC[C@@]2(C1)OCCC2N. The van der Waals surface area contributed by atoms with Gasteiger partial charge in [-0.3, -0.25) is 0 Å². The summed E-state index contributed by atoms with van der Waals surface area (Å²) in [5.41, 5.74) is 5.29. The molecule has 2 atom stereocenters. The van der Waals surface area contributed by atoms with Crippen molar-refractivity contribution in [1.82, 2.24) is 4.90 Å². The van der Waals surface area contributed by atoms with Crippen LogP contribution in [0.3, 0.4) is 0 Å². The number of nitrogens with zero attached hydrogens (tertiary/aromatic N) is 1. The zero-order chi connectivity index (χ0) is 12.7. The summed E-state index contributed by atoms with van der Waals surface area (Å²) < 4.78 is 11.1. The van der Waals surface area contributed by atoms with Gasteiger partial charge in [0.15, 0.2) is 0 Å². The van der Waals surface area contributed by atoms with Crippen LogP contribution in [0, 0.1) is 0 Å². The lowest BCUT2D eigenvalue weighted by Gasteiger charge is -2.28. The molecule has 2 rings (SSSR count). The molecule has 2 saturated heterocycles. The van der Waals surface area contributed by atoms with Crippen molar-refractivity contribution in [2.24, 2.45) is 5.73 Å². The Morgan fingerprint density at radius 2 is 2.24 bits per heavy atom. The first kappa shape index (κ1) is 12.6. The molecule has 2 heterocycles. The third kappa shape index (κ3) is 2.55. The smallest absolute Gasteiger partial charge is 0.410 e. The third-order valence-corrected chi connectivity index (χ3v) is 3.41. The normalized spacial score (nSPS) is 33.4. The molecular formula is C12H22N2O3. The van der Waals surface area contributed by atoms with Crippen LogP contribution in [0.4, 0.5) is 4.79 Å². The van der Waals surface area contributed by atoms with Gasteiger partial charge in [0, 0.05) is 19.2 Å². The molecule has 2 aliphatic heterocycles. The Morgan fingerprint density at radius 1 is 1.53 bits per heavy atom. The molecule has 17 heavy (non-hydrogen) atoms. The van der Waals surface area contributed by atoms with Crippen molar-refractivity contribution in [3.8, 4) is 0 Å². The molecule has 0 aromatic rings. The maximum atomic E-state index is 11.9. The lowest BCUT2D eigenvalue weighted by molar-refractivity contribution is -0.00494. The summed E-state index contributed by atoms with van der Waals surface area (Å²) in [4.78, 5) is 13.6. The highest BCUT2D eigenvalue weighted by molar-refractivity contribution is 5.68. The number of ether oxygens (including phenoxy) is 2.